The molecule has 0 bridgehead atoms. The summed E-state index contributed by atoms with van der Waals surface area (Å²) in [5.41, 5.74) is 2.46. The Bertz CT molecular complexity index is 1220. The number of nitrogens with one attached hydrogen (secondary N) is 1. The first-order chi connectivity index (χ1) is 17.4. The van der Waals surface area contributed by atoms with Crippen LogP contribution < -0.4 is 10.2 Å². The molecule has 11 heteroatoms. The zero-order chi connectivity index (χ0) is 25.4. The first-order valence-electron chi connectivity index (χ1n) is 12.5. The molecule has 5 rings (SSSR count). The number of benzene rings is 1. The van der Waals surface area contributed by atoms with Gasteiger partial charge in [-0.05, 0) is 24.8 Å². The van der Waals surface area contributed by atoms with E-state index in [0.29, 0.717) is 41.2 Å². The average Bonchev–Trinajstić information content (AvgIpc) is 3.50. The summed E-state index contributed by atoms with van der Waals surface area (Å²) in [5.74, 6) is 1.60. The predicted molar refractivity (Wildman–Crippen MR) is 138 cm³/mol. The van der Waals surface area contributed by atoms with Gasteiger partial charge in [-0.2, -0.15) is 0 Å². The van der Waals surface area contributed by atoms with E-state index in [1.54, 1.807) is 16.4 Å². The number of amides is 1. The van der Waals surface area contributed by atoms with Gasteiger partial charge >= 0.3 is 0 Å². The lowest BCUT2D eigenvalue weighted by Gasteiger charge is -2.20. The number of hydrogen-bond donors (Lipinski definition) is 3. The maximum atomic E-state index is 11.4. The van der Waals surface area contributed by atoms with Crippen LogP contribution in [0.1, 0.15) is 50.6 Å². The molecule has 2 unspecified atom stereocenters. The number of hydrogen-bond acceptors (Lipinski definition) is 9. The number of nitrogens with zero attached hydrogens (tertiary/aromatic N) is 6. The van der Waals surface area contributed by atoms with Gasteiger partial charge in [-0.1, -0.05) is 54.2 Å². The van der Waals surface area contributed by atoms with E-state index < -0.39 is 18.2 Å². The standard InChI is InChI=1S/C25H33N7O3S/c1-4-10-36-25-27-23(31(3)18-12-17(18)15-8-6-5-7-9-15)20-24(28-25)32(30-29-20)19-11-16(13-26-14(2)33)21(34)22(19)35/h5-9,16-19,21-22,34-35H,4,10-13H2,1-3H3,(H,26,33)/t16-,17?,18?,19-,21-,22+/m1/s1. The van der Waals surface area contributed by atoms with Crippen molar-refractivity contribution in [3.63, 3.8) is 0 Å². The third-order valence-electron chi connectivity index (χ3n) is 7.23. The molecule has 3 N–H and O–H groups in total. The van der Waals surface area contributed by atoms with Crippen molar-refractivity contribution in [1.82, 2.24) is 30.3 Å². The summed E-state index contributed by atoms with van der Waals surface area (Å²) in [7, 11) is 2.04. The summed E-state index contributed by atoms with van der Waals surface area (Å²) in [6.07, 6.45) is 0.466. The van der Waals surface area contributed by atoms with Gasteiger partial charge in [-0.25, -0.2) is 14.6 Å². The van der Waals surface area contributed by atoms with E-state index in [-0.39, 0.29) is 11.8 Å². The van der Waals surface area contributed by atoms with E-state index in [0.717, 1.165) is 24.4 Å². The zero-order valence-corrected chi connectivity index (χ0v) is 21.6. The van der Waals surface area contributed by atoms with Crippen molar-refractivity contribution in [1.29, 1.82) is 0 Å². The summed E-state index contributed by atoms with van der Waals surface area (Å²) < 4.78 is 1.63. The summed E-state index contributed by atoms with van der Waals surface area (Å²) in [6, 6.07) is 10.3. The van der Waals surface area contributed by atoms with Crippen molar-refractivity contribution in [3.8, 4) is 0 Å². The monoisotopic (exact) mass is 511 g/mol. The number of anilines is 1. The van der Waals surface area contributed by atoms with Crippen LogP contribution in [-0.2, 0) is 4.79 Å². The van der Waals surface area contributed by atoms with Gasteiger partial charge < -0.3 is 20.4 Å². The first-order valence-corrected chi connectivity index (χ1v) is 13.5. The molecular formula is C25H33N7O3S. The maximum absolute atomic E-state index is 11.4. The van der Waals surface area contributed by atoms with Crippen molar-refractivity contribution in [3.05, 3.63) is 35.9 Å². The summed E-state index contributed by atoms with van der Waals surface area (Å²) in [4.78, 5) is 23.2. The fourth-order valence-corrected chi connectivity index (χ4v) is 5.86. The van der Waals surface area contributed by atoms with Crippen LogP contribution in [0.5, 0.6) is 0 Å². The summed E-state index contributed by atoms with van der Waals surface area (Å²) in [5, 5.41) is 33.7. The molecule has 36 heavy (non-hydrogen) atoms. The number of aromatic nitrogens is 5. The highest BCUT2D eigenvalue weighted by molar-refractivity contribution is 7.99. The molecule has 0 spiro atoms. The van der Waals surface area contributed by atoms with E-state index in [2.05, 4.69) is 51.7 Å². The lowest BCUT2D eigenvalue weighted by atomic mass is 10.1. The molecule has 1 aromatic carbocycles. The molecule has 2 aliphatic carbocycles. The minimum atomic E-state index is -1.04. The van der Waals surface area contributed by atoms with E-state index in [4.69, 9.17) is 9.97 Å². The van der Waals surface area contributed by atoms with Crippen LogP contribution in [0, 0.1) is 5.92 Å². The van der Waals surface area contributed by atoms with Crippen molar-refractivity contribution < 1.29 is 15.0 Å². The molecular weight excluding hydrogens is 478 g/mol. The van der Waals surface area contributed by atoms with Gasteiger partial charge in [0.1, 0.15) is 6.10 Å². The number of aliphatic hydroxyl groups excluding tert-OH is 2. The number of thioether (sulfide) groups is 1. The molecule has 2 aromatic heterocycles. The second-order valence-electron chi connectivity index (χ2n) is 9.80. The van der Waals surface area contributed by atoms with Crippen molar-refractivity contribution in [2.75, 3.05) is 24.2 Å². The van der Waals surface area contributed by atoms with Gasteiger partial charge in [0.05, 0.1) is 12.1 Å². The second kappa shape index (κ2) is 10.3. The molecule has 2 heterocycles. The minimum absolute atomic E-state index is 0.168. The van der Waals surface area contributed by atoms with Gasteiger partial charge in [0, 0.05) is 44.1 Å². The Labute approximate surface area is 214 Å². The van der Waals surface area contributed by atoms with Crippen molar-refractivity contribution in [2.45, 2.75) is 68.5 Å². The molecule has 1 amide bonds. The SMILES string of the molecule is CCCSc1nc(N(C)C2CC2c2ccccc2)c2nnn([C@@H]3C[C@H](CNC(C)=O)[C@@H](O)[C@H]3O)c2n1. The highest BCUT2D eigenvalue weighted by Gasteiger charge is 2.45. The molecule has 2 saturated carbocycles. The Kier molecular flexibility index (Phi) is 7.14. The van der Waals surface area contributed by atoms with E-state index >= 15 is 0 Å². The molecule has 192 valence electrons. The normalized spacial score (nSPS) is 27.4. The Balaban J connectivity index is 1.46. The predicted octanol–water partition coefficient (Wildman–Crippen LogP) is 2.13. The third-order valence-corrected chi connectivity index (χ3v) is 8.29. The first kappa shape index (κ1) is 24.9. The highest BCUT2D eigenvalue weighted by atomic mass is 32.2. The summed E-state index contributed by atoms with van der Waals surface area (Å²) >= 11 is 1.59. The number of fused-ring (bicyclic) bond motifs is 1. The van der Waals surface area contributed by atoms with E-state index in [9.17, 15) is 15.0 Å². The van der Waals surface area contributed by atoms with Crippen LogP contribution in [0.4, 0.5) is 5.82 Å². The van der Waals surface area contributed by atoms with Gasteiger partial charge in [-0.3, -0.25) is 4.79 Å². The molecule has 2 fully saturated rings. The molecule has 2 aliphatic rings. The topological polar surface area (TPSA) is 129 Å². The largest absolute Gasteiger partial charge is 0.390 e. The van der Waals surface area contributed by atoms with Gasteiger partial charge in [0.2, 0.25) is 5.91 Å². The third kappa shape index (κ3) is 4.79. The number of aliphatic hydroxyl groups is 2. The van der Waals surface area contributed by atoms with Gasteiger partial charge in [0.25, 0.3) is 0 Å². The Hall–Kier alpha value is -2.76. The second-order valence-corrected chi connectivity index (χ2v) is 10.9. The van der Waals surface area contributed by atoms with Gasteiger partial charge in [-0.15, -0.1) is 5.10 Å². The Morgan fingerprint density at radius 3 is 2.69 bits per heavy atom. The van der Waals surface area contributed by atoms with Crippen LogP contribution >= 0.6 is 11.8 Å². The van der Waals surface area contributed by atoms with Crippen LogP contribution in [0.15, 0.2) is 35.5 Å². The highest BCUT2D eigenvalue weighted by Crippen LogP contribution is 2.46. The van der Waals surface area contributed by atoms with Crippen molar-refractivity contribution in [2.24, 2.45) is 5.92 Å². The number of rotatable bonds is 9. The zero-order valence-electron chi connectivity index (χ0n) is 20.8. The van der Waals surface area contributed by atoms with Crippen molar-refractivity contribution >= 4 is 34.7 Å². The lowest BCUT2D eigenvalue weighted by molar-refractivity contribution is -0.119. The fourth-order valence-electron chi connectivity index (χ4n) is 5.17. The van der Waals surface area contributed by atoms with E-state index in [1.165, 1.54) is 12.5 Å². The van der Waals surface area contributed by atoms with Crippen LogP contribution in [0.2, 0.25) is 0 Å². The molecule has 0 saturated heterocycles. The van der Waals surface area contributed by atoms with E-state index in [1.807, 2.05) is 13.1 Å². The van der Waals surface area contributed by atoms with Crippen LogP contribution in [-0.4, -0.2) is 78.7 Å². The molecule has 0 radical (unpaired) electrons. The Morgan fingerprint density at radius 2 is 1.97 bits per heavy atom. The number of likely N-dealkylation sites (N-methyl/N-ethyl adjacent to an activating group) is 1. The quantitative estimate of drug-likeness (QED) is 0.292. The van der Waals surface area contributed by atoms with Crippen LogP contribution in [0.3, 0.4) is 0 Å². The van der Waals surface area contributed by atoms with Gasteiger partial charge in [0.15, 0.2) is 22.1 Å². The minimum Gasteiger partial charge on any atom is -0.390 e. The van der Waals surface area contributed by atoms with Crippen LogP contribution in [0.25, 0.3) is 11.2 Å². The smallest absolute Gasteiger partial charge is 0.216 e. The fraction of sp³-hybridized carbons (Fsp3) is 0.560. The maximum Gasteiger partial charge on any atom is 0.216 e. The molecule has 0 aliphatic heterocycles. The lowest BCUT2D eigenvalue weighted by Crippen LogP contribution is -2.35. The average molecular weight is 512 g/mol. The molecule has 6 atom stereocenters. The summed E-state index contributed by atoms with van der Waals surface area (Å²) in [6.45, 7) is 3.84. The Morgan fingerprint density at radius 1 is 1.19 bits per heavy atom. The number of carbonyl (C=O) groups is 1. The molecule has 3 aromatic rings. The number of carbonyl (C=O) groups excluding carboxylic acids is 1. The molecule has 10 nitrogen and oxygen atoms in total.